The minimum atomic E-state index is -0.877. The first-order valence-electron chi connectivity index (χ1n) is 7.28. The van der Waals surface area contributed by atoms with E-state index in [1.807, 2.05) is 36.4 Å². The number of carbonyl (C=O) groups is 1. The molecule has 6 heteroatoms. The summed E-state index contributed by atoms with van der Waals surface area (Å²) in [6, 6.07) is 11.5. The molecule has 0 saturated heterocycles. The van der Waals surface area contributed by atoms with Crippen LogP contribution >= 0.6 is 22.6 Å². The van der Waals surface area contributed by atoms with E-state index >= 15 is 0 Å². The molecule has 0 unspecified atom stereocenters. The van der Waals surface area contributed by atoms with E-state index in [1.165, 1.54) is 0 Å². The minimum Gasteiger partial charge on any atom is -0.493 e. The summed E-state index contributed by atoms with van der Waals surface area (Å²) in [7, 11) is 3.15. The van der Waals surface area contributed by atoms with Crippen LogP contribution in [0.5, 0.6) is 11.5 Å². The van der Waals surface area contributed by atoms with Gasteiger partial charge in [-0.25, -0.2) is 0 Å². The molecule has 0 saturated carbocycles. The van der Waals surface area contributed by atoms with E-state index in [4.69, 9.17) is 9.47 Å². The molecule has 1 heterocycles. The van der Waals surface area contributed by atoms with Gasteiger partial charge in [0.25, 0.3) is 0 Å². The average molecular weight is 437 g/mol. The zero-order chi connectivity index (χ0) is 17.3. The molecule has 124 valence electrons. The first-order chi connectivity index (χ1) is 11.5. The van der Waals surface area contributed by atoms with Gasteiger partial charge in [-0.05, 0) is 58.5 Å². The summed E-state index contributed by atoms with van der Waals surface area (Å²) in [5.74, 6) is 0.301. The Morgan fingerprint density at radius 2 is 2.00 bits per heavy atom. The minimum absolute atomic E-state index is 0.0736. The lowest BCUT2D eigenvalue weighted by atomic mass is 10.0. The smallest absolute Gasteiger partial charge is 0.307 e. The molecule has 5 nitrogen and oxygen atoms in total. The number of halogens is 1. The van der Waals surface area contributed by atoms with Crippen LogP contribution < -0.4 is 9.47 Å². The fourth-order valence-corrected chi connectivity index (χ4v) is 3.36. The van der Waals surface area contributed by atoms with Crippen LogP contribution in [0, 0.1) is 3.57 Å². The van der Waals surface area contributed by atoms with Gasteiger partial charge < -0.3 is 19.6 Å². The Kier molecular flexibility index (Phi) is 4.66. The van der Waals surface area contributed by atoms with E-state index in [9.17, 15) is 9.90 Å². The molecule has 2 N–H and O–H groups in total. The van der Waals surface area contributed by atoms with E-state index in [2.05, 4.69) is 27.6 Å². The number of aliphatic carboxylic acids is 1. The molecule has 0 radical (unpaired) electrons. The molecule has 0 aliphatic heterocycles. The Morgan fingerprint density at radius 1 is 1.21 bits per heavy atom. The first-order valence-corrected chi connectivity index (χ1v) is 8.36. The molecule has 3 aromatic rings. The van der Waals surface area contributed by atoms with Crippen molar-refractivity contribution in [3.63, 3.8) is 0 Å². The maximum Gasteiger partial charge on any atom is 0.307 e. The maximum absolute atomic E-state index is 11.4. The van der Waals surface area contributed by atoms with Gasteiger partial charge in [-0.3, -0.25) is 4.79 Å². The molecule has 0 aliphatic rings. The Hall–Kier alpha value is -2.22. The molecule has 0 spiro atoms. The van der Waals surface area contributed by atoms with Gasteiger partial charge in [-0.2, -0.15) is 0 Å². The van der Waals surface area contributed by atoms with Crippen LogP contribution in [0.2, 0.25) is 0 Å². The van der Waals surface area contributed by atoms with E-state index in [1.54, 1.807) is 14.2 Å². The zero-order valence-electron chi connectivity index (χ0n) is 13.2. The molecular formula is C18H16INO4. The summed E-state index contributed by atoms with van der Waals surface area (Å²) in [6.45, 7) is 0. The number of aromatic amines is 1. The normalized spacial score (nSPS) is 10.8. The second kappa shape index (κ2) is 6.72. The van der Waals surface area contributed by atoms with Crippen LogP contribution in [0.4, 0.5) is 0 Å². The molecule has 24 heavy (non-hydrogen) atoms. The number of aromatic nitrogens is 1. The fourth-order valence-electron chi connectivity index (χ4n) is 2.87. The molecule has 0 atom stereocenters. The van der Waals surface area contributed by atoms with Gasteiger partial charge in [0.05, 0.1) is 26.3 Å². The Bertz CT molecular complexity index is 917. The molecule has 1 aromatic heterocycles. The van der Waals surface area contributed by atoms with Gasteiger partial charge in [0.1, 0.15) is 0 Å². The molecule has 0 fully saturated rings. The maximum atomic E-state index is 11.4. The third-order valence-electron chi connectivity index (χ3n) is 3.87. The van der Waals surface area contributed by atoms with Gasteiger partial charge in [0.15, 0.2) is 11.5 Å². The lowest BCUT2D eigenvalue weighted by Gasteiger charge is -2.12. The number of methoxy groups -OCH3 is 2. The van der Waals surface area contributed by atoms with Gasteiger partial charge in [0, 0.05) is 20.0 Å². The number of benzene rings is 2. The van der Waals surface area contributed by atoms with Crippen molar-refractivity contribution in [3.8, 4) is 22.8 Å². The van der Waals surface area contributed by atoms with Gasteiger partial charge in [-0.15, -0.1) is 0 Å². The van der Waals surface area contributed by atoms with Crippen molar-refractivity contribution < 1.29 is 19.4 Å². The van der Waals surface area contributed by atoms with Crippen molar-refractivity contribution in [2.45, 2.75) is 6.42 Å². The Balaban J connectivity index is 2.32. The average Bonchev–Trinajstić information content (AvgIpc) is 2.91. The van der Waals surface area contributed by atoms with Crippen molar-refractivity contribution in [2.75, 3.05) is 14.2 Å². The number of hydrogen-bond acceptors (Lipinski definition) is 3. The fraction of sp³-hybridized carbons (Fsp3) is 0.167. The number of H-pyrrole nitrogens is 1. The molecule has 0 bridgehead atoms. The van der Waals surface area contributed by atoms with Crippen LogP contribution in [-0.4, -0.2) is 30.3 Å². The van der Waals surface area contributed by atoms with E-state index < -0.39 is 5.97 Å². The number of fused-ring (bicyclic) bond motifs is 1. The van der Waals surface area contributed by atoms with Crippen LogP contribution in [0.15, 0.2) is 36.4 Å². The van der Waals surface area contributed by atoms with Gasteiger partial charge >= 0.3 is 5.97 Å². The van der Waals surface area contributed by atoms with Crippen LogP contribution in [-0.2, 0) is 11.2 Å². The van der Waals surface area contributed by atoms with Crippen molar-refractivity contribution in [1.82, 2.24) is 4.98 Å². The lowest BCUT2D eigenvalue weighted by molar-refractivity contribution is -0.136. The second-order valence-corrected chi connectivity index (χ2v) is 6.53. The molecule has 3 rings (SSSR count). The van der Waals surface area contributed by atoms with E-state index in [0.29, 0.717) is 11.5 Å². The largest absolute Gasteiger partial charge is 0.493 e. The predicted octanol–water partition coefficient (Wildman–Crippen LogP) is 4.08. The molecule has 0 amide bonds. The van der Waals surface area contributed by atoms with E-state index in [0.717, 1.165) is 31.3 Å². The number of nitrogens with one attached hydrogen (secondary N) is 1. The van der Waals surface area contributed by atoms with Crippen molar-refractivity contribution >= 4 is 39.5 Å². The summed E-state index contributed by atoms with van der Waals surface area (Å²) < 4.78 is 11.9. The first kappa shape index (κ1) is 16.6. The van der Waals surface area contributed by atoms with Crippen LogP contribution in [0.25, 0.3) is 22.2 Å². The standard InChI is InChI=1S/C18H16INO4/c1-23-15-5-3-4-11(18(15)24-2)17-13(9-16(21)22)12-8-10(19)6-7-14(12)20-17/h3-8,20H,9H2,1-2H3,(H,21,22). The van der Waals surface area contributed by atoms with Crippen LogP contribution in [0.3, 0.4) is 0 Å². The van der Waals surface area contributed by atoms with Gasteiger partial charge in [-0.1, -0.05) is 6.07 Å². The highest BCUT2D eigenvalue weighted by molar-refractivity contribution is 14.1. The number of para-hydroxylation sites is 1. The van der Waals surface area contributed by atoms with Gasteiger partial charge in [0.2, 0.25) is 0 Å². The summed E-state index contributed by atoms with van der Waals surface area (Å²) in [5.41, 5.74) is 3.15. The summed E-state index contributed by atoms with van der Waals surface area (Å²) in [6.07, 6.45) is -0.0736. The topological polar surface area (TPSA) is 71.6 Å². The summed E-state index contributed by atoms with van der Waals surface area (Å²) >= 11 is 2.22. The quantitative estimate of drug-likeness (QED) is 0.591. The SMILES string of the molecule is COc1cccc(-c2[nH]c3ccc(I)cc3c2CC(=O)O)c1OC. The number of carboxylic acids is 1. The number of hydrogen-bond donors (Lipinski definition) is 2. The third-order valence-corrected chi connectivity index (χ3v) is 4.54. The molecular weight excluding hydrogens is 421 g/mol. The zero-order valence-corrected chi connectivity index (χ0v) is 15.4. The van der Waals surface area contributed by atoms with Crippen molar-refractivity contribution in [2.24, 2.45) is 0 Å². The number of carboxylic acid groups (broad SMARTS) is 1. The molecule has 2 aromatic carbocycles. The highest BCUT2D eigenvalue weighted by Gasteiger charge is 2.20. The van der Waals surface area contributed by atoms with Crippen molar-refractivity contribution in [1.29, 1.82) is 0 Å². The highest BCUT2D eigenvalue weighted by atomic mass is 127. The Morgan fingerprint density at radius 3 is 2.67 bits per heavy atom. The van der Waals surface area contributed by atoms with Crippen LogP contribution in [0.1, 0.15) is 5.56 Å². The lowest BCUT2D eigenvalue weighted by Crippen LogP contribution is -2.02. The Labute approximate surface area is 152 Å². The van der Waals surface area contributed by atoms with Crippen molar-refractivity contribution in [3.05, 3.63) is 45.5 Å². The monoisotopic (exact) mass is 437 g/mol. The third kappa shape index (κ3) is 2.93. The van der Waals surface area contributed by atoms with E-state index in [-0.39, 0.29) is 6.42 Å². The highest BCUT2D eigenvalue weighted by Crippen LogP contribution is 2.41. The number of rotatable bonds is 5. The predicted molar refractivity (Wildman–Crippen MR) is 101 cm³/mol. The summed E-state index contributed by atoms with van der Waals surface area (Å²) in [4.78, 5) is 14.7. The second-order valence-electron chi connectivity index (χ2n) is 5.28. The number of ether oxygens (including phenoxy) is 2. The molecule has 0 aliphatic carbocycles. The summed E-state index contributed by atoms with van der Waals surface area (Å²) in [5, 5.41) is 10.2.